The van der Waals surface area contributed by atoms with Gasteiger partial charge in [-0.3, -0.25) is 4.79 Å². The van der Waals surface area contributed by atoms with Gasteiger partial charge in [-0.15, -0.1) is 0 Å². The van der Waals surface area contributed by atoms with Crippen molar-refractivity contribution < 1.29 is 4.79 Å². The molecule has 0 heterocycles. The van der Waals surface area contributed by atoms with E-state index in [1.165, 1.54) is 11.1 Å². The van der Waals surface area contributed by atoms with Crippen LogP contribution in [-0.2, 0) is 17.6 Å². The first kappa shape index (κ1) is 14.9. The Bertz CT molecular complexity index is 377. The van der Waals surface area contributed by atoms with Crippen LogP contribution >= 0.6 is 0 Å². The van der Waals surface area contributed by atoms with Crippen molar-refractivity contribution in [3.8, 4) is 0 Å². The van der Waals surface area contributed by atoms with E-state index < -0.39 is 0 Å². The molecule has 0 aliphatic heterocycles. The summed E-state index contributed by atoms with van der Waals surface area (Å²) in [6.07, 6.45) is 3.41. The van der Waals surface area contributed by atoms with Gasteiger partial charge in [0.1, 0.15) is 5.78 Å². The highest BCUT2D eigenvalue weighted by atomic mass is 16.1. The summed E-state index contributed by atoms with van der Waals surface area (Å²) in [5.74, 6) is 1.53. The summed E-state index contributed by atoms with van der Waals surface area (Å²) in [6, 6.07) is 8.53. The molecule has 100 valence electrons. The fourth-order valence-corrected chi connectivity index (χ4v) is 2.27. The molecule has 0 saturated heterocycles. The number of aryl methyl sites for hydroxylation is 1. The van der Waals surface area contributed by atoms with Gasteiger partial charge in [-0.05, 0) is 35.8 Å². The van der Waals surface area contributed by atoms with E-state index in [4.69, 9.17) is 0 Å². The highest BCUT2D eigenvalue weighted by molar-refractivity contribution is 5.78. The van der Waals surface area contributed by atoms with Crippen LogP contribution in [0.25, 0.3) is 0 Å². The number of Topliss-reactive ketones (excluding diaryl/α,β-unsaturated/α-hetero) is 1. The Hall–Kier alpha value is -1.11. The summed E-state index contributed by atoms with van der Waals surface area (Å²) in [6.45, 7) is 8.68. The van der Waals surface area contributed by atoms with Crippen LogP contribution in [0.5, 0.6) is 0 Å². The van der Waals surface area contributed by atoms with E-state index in [1.54, 1.807) is 0 Å². The van der Waals surface area contributed by atoms with Crippen molar-refractivity contribution in [1.82, 2.24) is 0 Å². The quantitative estimate of drug-likeness (QED) is 0.695. The lowest BCUT2D eigenvalue weighted by atomic mass is 9.94. The minimum absolute atomic E-state index is 0.393. The molecule has 0 amide bonds. The van der Waals surface area contributed by atoms with Gasteiger partial charge < -0.3 is 0 Å². The summed E-state index contributed by atoms with van der Waals surface area (Å²) >= 11 is 0. The maximum Gasteiger partial charge on any atom is 0.133 e. The third-order valence-corrected chi connectivity index (χ3v) is 3.06. The number of rotatable bonds is 7. The van der Waals surface area contributed by atoms with Crippen molar-refractivity contribution in [1.29, 1.82) is 0 Å². The standard InChI is InChI=1S/C17H26O/c1-13(2)11-16-8-6-5-7-15(16)9-10-17(18)12-14(3)4/h5-8,13-14H,9-12H2,1-4H3. The number of ketones is 1. The van der Waals surface area contributed by atoms with Gasteiger partial charge in [0.2, 0.25) is 0 Å². The average Bonchev–Trinajstić information content (AvgIpc) is 2.26. The summed E-state index contributed by atoms with van der Waals surface area (Å²) < 4.78 is 0. The molecule has 1 nitrogen and oxygen atoms in total. The number of hydrogen-bond donors (Lipinski definition) is 0. The van der Waals surface area contributed by atoms with Crippen LogP contribution in [0.1, 0.15) is 51.7 Å². The topological polar surface area (TPSA) is 17.1 Å². The lowest BCUT2D eigenvalue weighted by Gasteiger charge is -2.11. The minimum atomic E-state index is 0.393. The van der Waals surface area contributed by atoms with Crippen LogP contribution in [0.3, 0.4) is 0 Å². The molecule has 0 N–H and O–H groups in total. The van der Waals surface area contributed by atoms with Crippen molar-refractivity contribution in [2.45, 2.75) is 53.4 Å². The molecule has 1 heteroatoms. The van der Waals surface area contributed by atoms with Crippen LogP contribution in [-0.4, -0.2) is 5.78 Å². The van der Waals surface area contributed by atoms with E-state index in [0.29, 0.717) is 30.5 Å². The molecule has 0 aromatic heterocycles. The molecule has 0 saturated carbocycles. The van der Waals surface area contributed by atoms with Gasteiger partial charge in [0, 0.05) is 12.8 Å². The molecule has 0 spiro atoms. The maximum atomic E-state index is 11.8. The fraction of sp³-hybridized carbons (Fsp3) is 0.588. The molecule has 0 aliphatic rings. The lowest BCUT2D eigenvalue weighted by Crippen LogP contribution is -2.06. The van der Waals surface area contributed by atoms with Gasteiger partial charge in [0.15, 0.2) is 0 Å². The van der Waals surface area contributed by atoms with E-state index in [-0.39, 0.29) is 0 Å². The molecule has 1 aromatic rings. The Kier molecular flexibility index (Phi) is 6.11. The number of carbonyl (C=O) groups excluding carboxylic acids is 1. The highest BCUT2D eigenvalue weighted by Gasteiger charge is 2.08. The zero-order valence-electron chi connectivity index (χ0n) is 12.2. The molecular formula is C17H26O. The number of carbonyl (C=O) groups is 1. The zero-order valence-corrected chi connectivity index (χ0v) is 12.2. The van der Waals surface area contributed by atoms with Crippen molar-refractivity contribution in [3.05, 3.63) is 35.4 Å². The van der Waals surface area contributed by atoms with Crippen molar-refractivity contribution in [2.24, 2.45) is 11.8 Å². The normalized spacial score (nSPS) is 11.2. The number of hydrogen-bond acceptors (Lipinski definition) is 1. The van der Waals surface area contributed by atoms with Crippen molar-refractivity contribution in [2.75, 3.05) is 0 Å². The third-order valence-electron chi connectivity index (χ3n) is 3.06. The lowest BCUT2D eigenvalue weighted by molar-refractivity contribution is -0.119. The van der Waals surface area contributed by atoms with Crippen LogP contribution in [0, 0.1) is 11.8 Å². The molecule has 0 bridgehead atoms. The van der Waals surface area contributed by atoms with E-state index >= 15 is 0 Å². The predicted octanol–water partition coefficient (Wildman–Crippen LogP) is 4.43. The summed E-state index contributed by atoms with van der Waals surface area (Å²) in [4.78, 5) is 11.8. The molecule has 0 aliphatic carbocycles. The molecule has 1 rings (SSSR count). The molecule has 0 unspecified atom stereocenters. The van der Waals surface area contributed by atoms with Crippen molar-refractivity contribution >= 4 is 5.78 Å². The zero-order chi connectivity index (χ0) is 13.5. The Balaban J connectivity index is 2.58. The smallest absolute Gasteiger partial charge is 0.133 e. The van der Waals surface area contributed by atoms with Crippen LogP contribution in [0.15, 0.2) is 24.3 Å². The van der Waals surface area contributed by atoms with E-state index in [0.717, 1.165) is 12.8 Å². The Labute approximate surface area is 112 Å². The largest absolute Gasteiger partial charge is 0.300 e. The van der Waals surface area contributed by atoms with E-state index in [2.05, 4.69) is 52.0 Å². The minimum Gasteiger partial charge on any atom is -0.300 e. The first-order chi connectivity index (χ1) is 8.49. The van der Waals surface area contributed by atoms with Crippen molar-refractivity contribution in [3.63, 3.8) is 0 Å². The van der Waals surface area contributed by atoms with Gasteiger partial charge in [-0.25, -0.2) is 0 Å². The molecular weight excluding hydrogens is 220 g/mol. The van der Waals surface area contributed by atoms with E-state index in [1.807, 2.05) is 0 Å². The van der Waals surface area contributed by atoms with Crippen LogP contribution < -0.4 is 0 Å². The van der Waals surface area contributed by atoms with Gasteiger partial charge in [-0.2, -0.15) is 0 Å². The second kappa shape index (κ2) is 7.35. The predicted molar refractivity (Wildman–Crippen MR) is 77.8 cm³/mol. The average molecular weight is 246 g/mol. The summed E-state index contributed by atoms with van der Waals surface area (Å²) in [7, 11) is 0. The Morgan fingerprint density at radius 3 is 2.17 bits per heavy atom. The fourth-order valence-electron chi connectivity index (χ4n) is 2.27. The maximum absolute atomic E-state index is 11.8. The second-order valence-corrected chi connectivity index (χ2v) is 6.00. The first-order valence-corrected chi connectivity index (χ1v) is 7.07. The van der Waals surface area contributed by atoms with Gasteiger partial charge in [0.05, 0.1) is 0 Å². The summed E-state index contributed by atoms with van der Waals surface area (Å²) in [5, 5.41) is 0. The second-order valence-electron chi connectivity index (χ2n) is 6.00. The monoisotopic (exact) mass is 246 g/mol. The van der Waals surface area contributed by atoms with Gasteiger partial charge >= 0.3 is 0 Å². The van der Waals surface area contributed by atoms with Gasteiger partial charge in [0.25, 0.3) is 0 Å². The number of benzene rings is 1. The molecule has 0 fully saturated rings. The Morgan fingerprint density at radius 1 is 1.00 bits per heavy atom. The first-order valence-electron chi connectivity index (χ1n) is 7.07. The molecule has 0 atom stereocenters. The van der Waals surface area contributed by atoms with Crippen LogP contribution in [0.2, 0.25) is 0 Å². The van der Waals surface area contributed by atoms with Crippen LogP contribution in [0.4, 0.5) is 0 Å². The third kappa shape index (κ3) is 5.48. The highest BCUT2D eigenvalue weighted by Crippen LogP contribution is 2.16. The summed E-state index contributed by atoms with van der Waals surface area (Å²) in [5.41, 5.74) is 2.76. The molecule has 18 heavy (non-hydrogen) atoms. The Morgan fingerprint density at radius 2 is 1.61 bits per heavy atom. The van der Waals surface area contributed by atoms with E-state index in [9.17, 15) is 4.79 Å². The SMILES string of the molecule is CC(C)CC(=O)CCc1ccccc1CC(C)C. The van der Waals surface area contributed by atoms with Gasteiger partial charge in [-0.1, -0.05) is 52.0 Å². The molecule has 0 radical (unpaired) electrons. The molecule has 1 aromatic carbocycles.